The van der Waals surface area contributed by atoms with Crippen LogP contribution in [0.15, 0.2) is 23.9 Å². The fourth-order valence-electron chi connectivity index (χ4n) is 4.01. The number of allylic oxidation sites excluding steroid dienone is 3. The predicted molar refractivity (Wildman–Crippen MR) is 118 cm³/mol. The number of unbranched alkanes of at least 4 members (excludes halogenated alkanes) is 1. The lowest BCUT2D eigenvalue weighted by atomic mass is 9.79. The average molecular weight is 362 g/mol. The van der Waals surface area contributed by atoms with Gasteiger partial charge in [-0.2, -0.15) is 0 Å². The van der Waals surface area contributed by atoms with Crippen molar-refractivity contribution >= 4 is 0 Å². The van der Waals surface area contributed by atoms with Gasteiger partial charge in [0.2, 0.25) is 0 Å². The van der Waals surface area contributed by atoms with Gasteiger partial charge in [0.25, 0.3) is 0 Å². The van der Waals surface area contributed by atoms with Gasteiger partial charge in [-0.1, -0.05) is 79.0 Å². The van der Waals surface area contributed by atoms with Crippen LogP contribution in [-0.4, -0.2) is 18.0 Å². The summed E-state index contributed by atoms with van der Waals surface area (Å²) in [6, 6.07) is 0. The van der Waals surface area contributed by atoms with Crippen LogP contribution in [0.25, 0.3) is 0 Å². The molecule has 0 radical (unpaired) electrons. The minimum Gasteiger partial charge on any atom is -0.374 e. The summed E-state index contributed by atoms with van der Waals surface area (Å²) in [6.07, 6.45) is 18.0. The zero-order valence-electron chi connectivity index (χ0n) is 19.0. The predicted octanol–water partition coefficient (Wildman–Crippen LogP) is 7.84. The van der Waals surface area contributed by atoms with Crippen LogP contribution in [-0.2, 0) is 0 Å². The van der Waals surface area contributed by atoms with E-state index in [1.165, 1.54) is 64.5 Å². The summed E-state index contributed by atoms with van der Waals surface area (Å²) in [7, 11) is 0. The van der Waals surface area contributed by atoms with Crippen LogP contribution in [0.5, 0.6) is 0 Å². The maximum absolute atomic E-state index is 2.74. The highest BCUT2D eigenvalue weighted by molar-refractivity contribution is 5.07. The van der Waals surface area contributed by atoms with Crippen LogP contribution < -0.4 is 0 Å². The summed E-state index contributed by atoms with van der Waals surface area (Å²) < 4.78 is 0. The molecule has 0 N–H and O–H groups in total. The first-order valence-corrected chi connectivity index (χ1v) is 11.3. The zero-order chi connectivity index (χ0) is 19.6. The molecule has 1 heteroatoms. The van der Waals surface area contributed by atoms with E-state index in [2.05, 4.69) is 71.6 Å². The zero-order valence-corrected chi connectivity index (χ0v) is 19.0. The highest BCUT2D eigenvalue weighted by atomic mass is 15.1. The Balaban J connectivity index is 2.73. The molecule has 1 nitrogen and oxygen atoms in total. The Bertz CT molecular complexity index is 426. The number of rotatable bonds is 11. The van der Waals surface area contributed by atoms with Gasteiger partial charge in [0, 0.05) is 18.8 Å². The van der Waals surface area contributed by atoms with Crippen LogP contribution in [0.2, 0.25) is 0 Å². The summed E-state index contributed by atoms with van der Waals surface area (Å²) in [5.74, 6) is 2.36. The summed E-state index contributed by atoms with van der Waals surface area (Å²) >= 11 is 0. The van der Waals surface area contributed by atoms with Crippen LogP contribution >= 0.6 is 0 Å². The third-order valence-corrected chi connectivity index (χ3v) is 6.18. The van der Waals surface area contributed by atoms with Crippen LogP contribution in [0.4, 0.5) is 0 Å². The fourth-order valence-corrected chi connectivity index (χ4v) is 4.01. The molecule has 0 bridgehead atoms. The monoisotopic (exact) mass is 361 g/mol. The second-order valence-electron chi connectivity index (χ2n) is 9.91. The van der Waals surface area contributed by atoms with E-state index in [1.807, 2.05) is 0 Å². The normalized spacial score (nSPS) is 20.9. The van der Waals surface area contributed by atoms with Crippen molar-refractivity contribution in [3.63, 3.8) is 0 Å². The lowest BCUT2D eigenvalue weighted by molar-refractivity contribution is 0.197. The standard InChI is InChI=1S/C25H47N/c1-8-10-13-21(3)14-11-19-26(24-17-15-22(4)16-18-24)20-23(12-9-2)25(5,6)7/h9,12,17,21-23H,8,10-11,13-16,18-20H2,1-7H3/b12-9-. The molecule has 0 aromatic carbocycles. The molecular weight excluding hydrogens is 314 g/mol. The third kappa shape index (κ3) is 8.78. The van der Waals surface area contributed by atoms with Crippen molar-refractivity contribution in [2.75, 3.05) is 13.1 Å². The van der Waals surface area contributed by atoms with Crippen molar-refractivity contribution in [1.82, 2.24) is 4.90 Å². The first-order valence-electron chi connectivity index (χ1n) is 11.3. The summed E-state index contributed by atoms with van der Waals surface area (Å²) in [5.41, 5.74) is 1.95. The molecule has 26 heavy (non-hydrogen) atoms. The molecule has 0 fully saturated rings. The number of nitrogens with zero attached hydrogens (tertiary/aromatic N) is 1. The molecule has 1 aliphatic rings. The van der Waals surface area contributed by atoms with Crippen molar-refractivity contribution in [3.05, 3.63) is 23.9 Å². The molecule has 1 aliphatic carbocycles. The third-order valence-electron chi connectivity index (χ3n) is 6.18. The first-order chi connectivity index (χ1) is 12.3. The van der Waals surface area contributed by atoms with Gasteiger partial charge in [0.1, 0.15) is 0 Å². The highest BCUT2D eigenvalue weighted by Gasteiger charge is 2.26. The molecule has 0 aliphatic heterocycles. The molecule has 0 aromatic heterocycles. The summed E-state index contributed by atoms with van der Waals surface area (Å²) in [4.78, 5) is 2.74. The molecule has 0 saturated carbocycles. The Kier molecular flexibility index (Phi) is 10.7. The van der Waals surface area contributed by atoms with Crippen molar-refractivity contribution in [3.8, 4) is 0 Å². The summed E-state index contributed by atoms with van der Waals surface area (Å²) in [5, 5.41) is 0. The summed E-state index contributed by atoms with van der Waals surface area (Å²) in [6.45, 7) is 18.9. The van der Waals surface area contributed by atoms with Gasteiger partial charge in [-0.3, -0.25) is 0 Å². The van der Waals surface area contributed by atoms with Gasteiger partial charge in [0.15, 0.2) is 0 Å². The SMILES string of the molecule is C/C=C\C(CN(CCCC(C)CCCC)C1=CCC(C)CC1)C(C)(C)C. The Morgan fingerprint density at radius 2 is 1.92 bits per heavy atom. The lowest BCUT2D eigenvalue weighted by Gasteiger charge is -2.38. The second-order valence-corrected chi connectivity index (χ2v) is 9.91. The van der Waals surface area contributed by atoms with Gasteiger partial charge in [0.05, 0.1) is 0 Å². The smallest absolute Gasteiger partial charge is 0.0242 e. The van der Waals surface area contributed by atoms with Crippen molar-refractivity contribution in [1.29, 1.82) is 0 Å². The molecule has 0 heterocycles. The van der Waals surface area contributed by atoms with Gasteiger partial charge in [-0.25, -0.2) is 0 Å². The fraction of sp³-hybridized carbons (Fsp3) is 0.840. The van der Waals surface area contributed by atoms with Gasteiger partial charge >= 0.3 is 0 Å². The minimum absolute atomic E-state index is 0.321. The van der Waals surface area contributed by atoms with E-state index >= 15 is 0 Å². The van der Waals surface area contributed by atoms with E-state index in [9.17, 15) is 0 Å². The molecule has 3 unspecified atom stereocenters. The van der Waals surface area contributed by atoms with Crippen molar-refractivity contribution in [2.24, 2.45) is 23.2 Å². The molecule has 3 atom stereocenters. The molecule has 152 valence electrons. The molecule has 0 amide bonds. The largest absolute Gasteiger partial charge is 0.374 e. The number of hydrogen-bond donors (Lipinski definition) is 0. The van der Waals surface area contributed by atoms with Crippen LogP contribution in [0.3, 0.4) is 0 Å². The molecule has 0 aromatic rings. The Morgan fingerprint density at radius 1 is 1.23 bits per heavy atom. The van der Waals surface area contributed by atoms with Crippen molar-refractivity contribution in [2.45, 2.75) is 99.8 Å². The lowest BCUT2D eigenvalue weighted by Crippen LogP contribution is -2.35. The van der Waals surface area contributed by atoms with Gasteiger partial charge in [-0.15, -0.1) is 0 Å². The van der Waals surface area contributed by atoms with E-state index in [4.69, 9.17) is 0 Å². The molecular formula is C25H47N. The second kappa shape index (κ2) is 11.9. The van der Waals surface area contributed by atoms with E-state index < -0.39 is 0 Å². The highest BCUT2D eigenvalue weighted by Crippen LogP contribution is 2.32. The van der Waals surface area contributed by atoms with E-state index in [0.29, 0.717) is 11.3 Å². The Morgan fingerprint density at radius 3 is 2.46 bits per heavy atom. The number of hydrogen-bond acceptors (Lipinski definition) is 1. The van der Waals surface area contributed by atoms with Crippen LogP contribution in [0.1, 0.15) is 99.8 Å². The Labute approximate surface area is 165 Å². The molecule has 0 saturated heterocycles. The first kappa shape index (κ1) is 23.3. The maximum atomic E-state index is 2.74. The maximum Gasteiger partial charge on any atom is 0.0242 e. The molecule has 1 rings (SSSR count). The average Bonchev–Trinajstić information content (AvgIpc) is 2.58. The van der Waals surface area contributed by atoms with Crippen molar-refractivity contribution < 1.29 is 0 Å². The van der Waals surface area contributed by atoms with Crippen LogP contribution in [0, 0.1) is 23.2 Å². The Hall–Kier alpha value is -0.720. The van der Waals surface area contributed by atoms with E-state index in [0.717, 1.165) is 11.8 Å². The molecule has 0 spiro atoms. The van der Waals surface area contributed by atoms with Gasteiger partial charge < -0.3 is 4.90 Å². The minimum atomic E-state index is 0.321. The topological polar surface area (TPSA) is 3.24 Å². The quantitative estimate of drug-likeness (QED) is 0.339. The van der Waals surface area contributed by atoms with E-state index in [-0.39, 0.29) is 0 Å². The van der Waals surface area contributed by atoms with Gasteiger partial charge in [-0.05, 0) is 62.2 Å². The van der Waals surface area contributed by atoms with E-state index in [1.54, 1.807) is 5.70 Å².